The highest BCUT2D eigenvalue weighted by atomic mass is 32.2. The van der Waals surface area contributed by atoms with Crippen LogP contribution in [0, 0.1) is 5.41 Å². The van der Waals surface area contributed by atoms with E-state index in [2.05, 4.69) is 10.6 Å². The van der Waals surface area contributed by atoms with Gasteiger partial charge in [-0.15, -0.1) is 0 Å². The fourth-order valence-corrected chi connectivity index (χ4v) is 3.88. The molecular weight excluding hydrogens is 496 g/mol. The summed E-state index contributed by atoms with van der Waals surface area (Å²) in [6.07, 6.45) is -0.485. The fraction of sp³-hybridized carbons (Fsp3) is 0.739. The lowest BCUT2D eigenvalue weighted by Gasteiger charge is -2.47. The van der Waals surface area contributed by atoms with E-state index >= 15 is 0 Å². The molecule has 1 rings (SSSR count). The van der Waals surface area contributed by atoms with E-state index in [4.69, 9.17) is 19.3 Å². The number of hydrogen-bond acceptors (Lipinski definition) is 10. The topological polar surface area (TPSA) is 181 Å². The molecule has 1 aliphatic rings. The van der Waals surface area contributed by atoms with Gasteiger partial charge >= 0.3 is 5.97 Å². The molecule has 1 saturated heterocycles. The number of hydrogen-bond donors (Lipinski definition) is 5. The molecule has 0 radical (unpaired) electrons. The van der Waals surface area contributed by atoms with E-state index in [9.17, 15) is 29.4 Å². The molecule has 12 nitrogen and oxygen atoms in total. The van der Waals surface area contributed by atoms with Gasteiger partial charge in [0.2, 0.25) is 16.9 Å². The van der Waals surface area contributed by atoms with Gasteiger partial charge in [-0.05, 0) is 18.9 Å². The summed E-state index contributed by atoms with van der Waals surface area (Å²) in [7, 11) is 1.34. The van der Waals surface area contributed by atoms with Crippen molar-refractivity contribution in [1.82, 2.24) is 10.6 Å². The van der Waals surface area contributed by atoms with Gasteiger partial charge in [-0.3, -0.25) is 14.4 Å². The van der Waals surface area contributed by atoms with Gasteiger partial charge in [0.05, 0.1) is 25.2 Å². The summed E-state index contributed by atoms with van der Waals surface area (Å²) < 4.78 is 17.0. The summed E-state index contributed by atoms with van der Waals surface area (Å²) in [5, 5.41) is 33.5. The van der Waals surface area contributed by atoms with E-state index in [1.165, 1.54) is 7.11 Å². The van der Waals surface area contributed by atoms with Crippen molar-refractivity contribution in [1.29, 1.82) is 0 Å². The maximum atomic E-state index is 12.9. The van der Waals surface area contributed by atoms with Crippen molar-refractivity contribution >= 4 is 34.7 Å². The molecule has 0 aliphatic carbocycles. The van der Waals surface area contributed by atoms with Crippen LogP contribution in [-0.4, -0.2) is 95.1 Å². The smallest absolute Gasteiger partial charge is 0.328 e. The second kappa shape index (κ2) is 15.3. The number of ether oxygens (including phenoxy) is 3. The Labute approximate surface area is 215 Å². The maximum absolute atomic E-state index is 12.9. The van der Waals surface area contributed by atoms with Crippen molar-refractivity contribution in [2.45, 2.75) is 70.7 Å². The van der Waals surface area contributed by atoms with E-state index in [-0.39, 0.29) is 50.6 Å². The number of carboxylic acids is 1. The van der Waals surface area contributed by atoms with Crippen LogP contribution in [0.25, 0.3) is 0 Å². The van der Waals surface area contributed by atoms with E-state index < -0.39 is 46.7 Å². The molecular formula is C23H38N2O10S. The Morgan fingerprint density at radius 2 is 1.83 bits per heavy atom. The summed E-state index contributed by atoms with van der Waals surface area (Å²) in [6, 6.07) is 0. The normalized spacial score (nSPS) is 23.1. The zero-order chi connectivity index (χ0) is 27.4. The highest BCUT2D eigenvalue weighted by Crippen LogP contribution is 2.38. The first kappa shape index (κ1) is 32.0. The number of carboxylic acid groups (broad SMARTS) is 1. The Balaban J connectivity index is 2.52. The highest BCUT2D eigenvalue weighted by molar-refractivity contribution is 8.14. The van der Waals surface area contributed by atoms with E-state index in [0.717, 1.165) is 23.9 Å². The molecule has 0 aromatic carbocycles. The van der Waals surface area contributed by atoms with Crippen molar-refractivity contribution in [2.75, 3.05) is 32.6 Å². The van der Waals surface area contributed by atoms with Crippen LogP contribution in [0.5, 0.6) is 0 Å². The van der Waals surface area contributed by atoms with Gasteiger partial charge in [0.1, 0.15) is 6.10 Å². The molecule has 1 fully saturated rings. The lowest BCUT2D eigenvalue weighted by molar-refractivity contribution is -0.429. The molecule has 0 bridgehead atoms. The molecule has 0 saturated carbocycles. The van der Waals surface area contributed by atoms with E-state index in [0.29, 0.717) is 6.42 Å². The van der Waals surface area contributed by atoms with Gasteiger partial charge < -0.3 is 40.2 Å². The van der Waals surface area contributed by atoms with Crippen LogP contribution >= 0.6 is 11.8 Å². The molecule has 36 heavy (non-hydrogen) atoms. The van der Waals surface area contributed by atoms with Crippen molar-refractivity contribution in [2.24, 2.45) is 5.41 Å². The lowest BCUT2D eigenvalue weighted by Crippen LogP contribution is -2.60. The SMILES string of the molecule is CCC(O)CC(O)CC1(OC)OCC(C)(C)[C@H](C(=O)NCCC(=O)NCCSC(=O)/C=C/C(=O)O)O1. The first-order valence-corrected chi connectivity index (χ1v) is 12.7. The number of thioether (sulfide) groups is 1. The number of carbonyl (C=O) groups is 4. The third kappa shape index (κ3) is 11.4. The summed E-state index contributed by atoms with van der Waals surface area (Å²) in [5.41, 5.74) is -0.721. The zero-order valence-electron chi connectivity index (χ0n) is 21.2. The van der Waals surface area contributed by atoms with Crippen LogP contribution in [0.15, 0.2) is 12.2 Å². The van der Waals surface area contributed by atoms with Crippen LogP contribution in [-0.2, 0) is 33.4 Å². The molecule has 0 aromatic heterocycles. The fourth-order valence-electron chi connectivity index (χ4n) is 3.31. The Morgan fingerprint density at radius 1 is 1.14 bits per heavy atom. The Kier molecular flexibility index (Phi) is 13.6. The number of aliphatic carboxylic acids is 1. The first-order valence-electron chi connectivity index (χ1n) is 11.7. The molecule has 13 heteroatoms. The van der Waals surface area contributed by atoms with Crippen LogP contribution < -0.4 is 10.6 Å². The van der Waals surface area contributed by atoms with Gasteiger partial charge in [-0.2, -0.15) is 0 Å². The monoisotopic (exact) mass is 534 g/mol. The van der Waals surface area contributed by atoms with Crippen molar-refractivity contribution in [3.8, 4) is 0 Å². The molecule has 1 aliphatic heterocycles. The predicted octanol–water partition coefficient (Wildman–Crippen LogP) is 0.163. The molecule has 0 aromatic rings. The zero-order valence-corrected chi connectivity index (χ0v) is 22.0. The van der Waals surface area contributed by atoms with Gasteiger partial charge in [0, 0.05) is 43.9 Å². The van der Waals surface area contributed by atoms with Crippen LogP contribution in [0.1, 0.15) is 46.5 Å². The van der Waals surface area contributed by atoms with Crippen molar-refractivity contribution in [3.63, 3.8) is 0 Å². The largest absolute Gasteiger partial charge is 0.478 e. The van der Waals surface area contributed by atoms with Crippen LogP contribution in [0.3, 0.4) is 0 Å². The standard InChI is InChI=1S/C23H38N2O10S/c1-5-15(26)12-16(27)13-23(33-4)34-14-22(2,3)20(35-23)21(32)25-9-8-17(28)24-10-11-36-19(31)7-6-18(29)30/h6-7,15-16,20,26-27H,5,8-14H2,1-4H3,(H,24,28)(H,25,32)(H,29,30)/b7-6+/t15?,16?,20-,23?/m0/s1. The number of aliphatic hydroxyl groups is 2. The average Bonchev–Trinajstić information content (AvgIpc) is 2.81. The third-order valence-corrected chi connectivity index (χ3v) is 6.23. The number of rotatable bonds is 15. The molecule has 3 unspecified atom stereocenters. The van der Waals surface area contributed by atoms with Gasteiger partial charge in [-0.25, -0.2) is 4.79 Å². The predicted molar refractivity (Wildman–Crippen MR) is 131 cm³/mol. The third-order valence-electron chi connectivity index (χ3n) is 5.40. The summed E-state index contributed by atoms with van der Waals surface area (Å²) in [4.78, 5) is 46.7. The molecule has 2 amide bonds. The lowest BCUT2D eigenvalue weighted by atomic mass is 9.85. The second-order valence-electron chi connectivity index (χ2n) is 9.05. The number of nitrogens with one attached hydrogen (secondary N) is 2. The highest BCUT2D eigenvalue weighted by Gasteiger charge is 2.51. The number of carbonyl (C=O) groups excluding carboxylic acids is 3. The first-order chi connectivity index (χ1) is 16.8. The van der Waals surface area contributed by atoms with Gasteiger partial charge in [0.25, 0.3) is 5.97 Å². The minimum atomic E-state index is -1.66. The molecule has 206 valence electrons. The average molecular weight is 535 g/mol. The van der Waals surface area contributed by atoms with E-state index in [1.807, 2.05) is 0 Å². The van der Waals surface area contributed by atoms with E-state index in [1.54, 1.807) is 20.8 Å². The van der Waals surface area contributed by atoms with Crippen molar-refractivity contribution in [3.05, 3.63) is 12.2 Å². The van der Waals surface area contributed by atoms with Gasteiger partial charge in [0.15, 0.2) is 0 Å². The van der Waals surface area contributed by atoms with Crippen LogP contribution in [0.4, 0.5) is 0 Å². The summed E-state index contributed by atoms with van der Waals surface area (Å²) in [5.74, 6) is -3.40. The number of aliphatic hydroxyl groups excluding tert-OH is 2. The molecule has 5 N–H and O–H groups in total. The maximum Gasteiger partial charge on any atom is 0.328 e. The Bertz CT molecular complexity index is 791. The minimum Gasteiger partial charge on any atom is -0.478 e. The molecule has 4 atom stereocenters. The van der Waals surface area contributed by atoms with Gasteiger partial charge in [-0.1, -0.05) is 32.5 Å². The number of amides is 2. The van der Waals surface area contributed by atoms with Crippen LogP contribution in [0.2, 0.25) is 0 Å². The Morgan fingerprint density at radius 3 is 2.44 bits per heavy atom. The number of methoxy groups -OCH3 is 1. The Hall–Kier alpha value is -2.03. The molecule has 0 spiro atoms. The summed E-state index contributed by atoms with van der Waals surface area (Å²) >= 11 is 0.872. The minimum absolute atomic E-state index is 0.00401. The molecule has 1 heterocycles. The second-order valence-corrected chi connectivity index (χ2v) is 10.1. The summed E-state index contributed by atoms with van der Waals surface area (Å²) in [6.45, 7) is 5.71. The van der Waals surface area contributed by atoms with Crippen molar-refractivity contribution < 1.29 is 48.7 Å². The quantitative estimate of drug-likeness (QED) is 0.143.